The van der Waals surface area contributed by atoms with E-state index in [0.717, 1.165) is 39.0 Å². The Morgan fingerprint density at radius 1 is 0.950 bits per heavy atom. The molecule has 0 radical (unpaired) electrons. The van der Waals surface area contributed by atoms with Crippen LogP contribution in [0.5, 0.6) is 0 Å². The molecule has 214 valence electrons. The van der Waals surface area contributed by atoms with Crippen molar-refractivity contribution in [2.24, 2.45) is 11.3 Å². The van der Waals surface area contributed by atoms with Gasteiger partial charge >= 0.3 is 0 Å². The predicted octanol–water partition coefficient (Wildman–Crippen LogP) is 7.48. The Morgan fingerprint density at radius 2 is 1.80 bits per heavy atom. The molecule has 4 nitrogen and oxygen atoms in total. The molecule has 7 rings (SSSR count). The number of fused-ring (bicyclic) bond motifs is 2. The van der Waals surface area contributed by atoms with Gasteiger partial charge < -0.3 is 19.5 Å². The van der Waals surface area contributed by atoms with Crippen molar-refractivity contribution in [3.05, 3.63) is 71.3 Å². The van der Waals surface area contributed by atoms with Crippen LogP contribution in [0.3, 0.4) is 0 Å². The highest BCUT2D eigenvalue weighted by atomic mass is 16.5. The lowest BCUT2D eigenvalue weighted by molar-refractivity contribution is -0.136. The second-order valence-corrected chi connectivity index (χ2v) is 13.4. The Bertz CT molecular complexity index is 1300. The molecule has 2 bridgehead atoms. The summed E-state index contributed by atoms with van der Waals surface area (Å²) in [7, 11) is 0. The fraction of sp³-hybridized carbons (Fsp3) is 0.611. The summed E-state index contributed by atoms with van der Waals surface area (Å²) >= 11 is 0. The first-order chi connectivity index (χ1) is 19.6. The molecule has 1 N–H and O–H groups in total. The molecule has 2 aromatic carbocycles. The Morgan fingerprint density at radius 3 is 2.67 bits per heavy atom. The standard InChI is InChI=1S/C36H47NO3/c1-3-19-38-21-22-39-20-18-37-31-11-10-29-24-30-14-15-34(2)32(28-9-8-26-6-4-5-7-27(26)23-28)12-13-33(34)36(30)17-16-35(29,25-31)40-36/h4-9,14,23-24,31-33,37H,3,10-13,15-22,25H2,1-2H3/t31-,32?,33-,34-,35-,36?/m1/s1. The van der Waals surface area contributed by atoms with E-state index < -0.39 is 0 Å². The number of rotatable bonds is 10. The zero-order chi connectivity index (χ0) is 27.2. The van der Waals surface area contributed by atoms with Gasteiger partial charge in [0.05, 0.1) is 31.0 Å². The van der Waals surface area contributed by atoms with Crippen molar-refractivity contribution < 1.29 is 14.2 Å². The molecule has 4 heteroatoms. The van der Waals surface area contributed by atoms with Gasteiger partial charge in [-0.1, -0.05) is 68.5 Å². The van der Waals surface area contributed by atoms with Crippen LogP contribution in [0.15, 0.2) is 65.8 Å². The van der Waals surface area contributed by atoms with Crippen molar-refractivity contribution in [2.45, 2.75) is 94.8 Å². The lowest BCUT2D eigenvalue weighted by Crippen LogP contribution is -2.55. The van der Waals surface area contributed by atoms with Gasteiger partial charge in [-0.05, 0) is 103 Å². The van der Waals surface area contributed by atoms with Crippen LogP contribution in [-0.4, -0.2) is 50.2 Å². The number of ether oxygens (including phenoxy) is 3. The minimum atomic E-state index is -0.0917. The van der Waals surface area contributed by atoms with E-state index in [9.17, 15) is 0 Å². The quantitative estimate of drug-likeness (QED) is 0.317. The van der Waals surface area contributed by atoms with Gasteiger partial charge in [-0.3, -0.25) is 0 Å². The third-order valence-corrected chi connectivity index (χ3v) is 11.3. The Hall–Kier alpha value is -1.98. The van der Waals surface area contributed by atoms with E-state index in [2.05, 4.69) is 73.8 Å². The molecule has 2 unspecified atom stereocenters. The number of nitrogens with one attached hydrogen (secondary N) is 1. The van der Waals surface area contributed by atoms with Crippen LogP contribution in [0, 0.1) is 11.3 Å². The van der Waals surface area contributed by atoms with Crippen molar-refractivity contribution in [3.63, 3.8) is 0 Å². The number of hydrogen-bond donors (Lipinski definition) is 1. The summed E-state index contributed by atoms with van der Waals surface area (Å²) < 4.78 is 18.8. The first-order valence-electron chi connectivity index (χ1n) is 16.1. The van der Waals surface area contributed by atoms with Crippen LogP contribution in [-0.2, 0) is 14.2 Å². The van der Waals surface area contributed by atoms with Gasteiger partial charge in [0.25, 0.3) is 0 Å². The lowest BCUT2D eigenvalue weighted by atomic mass is 9.58. The van der Waals surface area contributed by atoms with Crippen LogP contribution in [0.2, 0.25) is 0 Å². The van der Waals surface area contributed by atoms with E-state index in [4.69, 9.17) is 14.2 Å². The Kier molecular flexibility index (Phi) is 7.19. The molecule has 2 spiro atoms. The van der Waals surface area contributed by atoms with E-state index in [1.165, 1.54) is 60.4 Å². The molecular weight excluding hydrogens is 494 g/mol. The second-order valence-electron chi connectivity index (χ2n) is 13.4. The highest BCUT2D eigenvalue weighted by Crippen LogP contribution is 2.69. The fourth-order valence-corrected chi connectivity index (χ4v) is 9.36. The fourth-order valence-electron chi connectivity index (χ4n) is 9.36. The van der Waals surface area contributed by atoms with Gasteiger partial charge in [0, 0.05) is 19.2 Å². The maximum absolute atomic E-state index is 7.50. The summed E-state index contributed by atoms with van der Waals surface area (Å²) in [5.41, 5.74) is 4.70. The molecule has 3 fully saturated rings. The summed E-state index contributed by atoms with van der Waals surface area (Å²) in [6.45, 7) is 8.57. The third kappa shape index (κ3) is 4.42. The normalized spacial score (nSPS) is 36.1. The number of hydrogen-bond acceptors (Lipinski definition) is 4. The van der Waals surface area contributed by atoms with Crippen LogP contribution in [0.25, 0.3) is 10.8 Å². The van der Waals surface area contributed by atoms with Gasteiger partial charge in [-0.25, -0.2) is 0 Å². The Labute approximate surface area is 240 Å². The first-order valence-corrected chi connectivity index (χ1v) is 16.1. The molecule has 6 atom stereocenters. The van der Waals surface area contributed by atoms with Crippen molar-refractivity contribution in [1.82, 2.24) is 5.32 Å². The molecule has 2 saturated carbocycles. The molecule has 0 amide bonds. The van der Waals surface area contributed by atoms with Crippen LogP contribution < -0.4 is 5.32 Å². The third-order valence-electron chi connectivity index (χ3n) is 11.3. The molecule has 3 aliphatic carbocycles. The summed E-state index contributed by atoms with van der Waals surface area (Å²) in [6, 6.07) is 16.5. The van der Waals surface area contributed by atoms with Crippen molar-refractivity contribution >= 4 is 10.8 Å². The first kappa shape index (κ1) is 26.9. The van der Waals surface area contributed by atoms with E-state index in [1.807, 2.05) is 0 Å². The molecule has 40 heavy (non-hydrogen) atoms. The summed E-state index contributed by atoms with van der Waals surface area (Å²) in [5.74, 6) is 1.18. The van der Waals surface area contributed by atoms with Crippen LogP contribution in [0.4, 0.5) is 0 Å². The molecule has 2 aliphatic heterocycles. The minimum absolute atomic E-state index is 0.0681. The van der Waals surface area contributed by atoms with E-state index in [-0.39, 0.29) is 16.6 Å². The maximum Gasteiger partial charge on any atom is 0.0974 e. The predicted molar refractivity (Wildman–Crippen MR) is 162 cm³/mol. The van der Waals surface area contributed by atoms with Crippen molar-refractivity contribution in [2.75, 3.05) is 33.0 Å². The number of benzene rings is 2. The van der Waals surface area contributed by atoms with Crippen LogP contribution in [0.1, 0.15) is 83.1 Å². The zero-order valence-electron chi connectivity index (χ0n) is 24.6. The van der Waals surface area contributed by atoms with Gasteiger partial charge in [-0.15, -0.1) is 0 Å². The minimum Gasteiger partial charge on any atom is -0.379 e. The monoisotopic (exact) mass is 541 g/mol. The van der Waals surface area contributed by atoms with E-state index >= 15 is 0 Å². The summed E-state index contributed by atoms with van der Waals surface area (Å²) in [6.07, 6.45) is 15.8. The molecule has 2 heterocycles. The van der Waals surface area contributed by atoms with E-state index in [1.54, 1.807) is 5.57 Å². The SMILES string of the molecule is CCCOCCOCCN[C@@H]1CCC2=CC3=CC[C@]4(C)C(c5ccc6ccccc6c5)CC[C@H]4C34CC[C@]2(C1)O4. The smallest absolute Gasteiger partial charge is 0.0974 e. The zero-order valence-corrected chi connectivity index (χ0v) is 24.6. The molecule has 1 saturated heterocycles. The average molecular weight is 542 g/mol. The Balaban J connectivity index is 1.05. The highest BCUT2D eigenvalue weighted by Gasteiger charge is 2.66. The maximum atomic E-state index is 7.50. The van der Waals surface area contributed by atoms with Gasteiger partial charge in [0.1, 0.15) is 0 Å². The molecule has 0 aromatic heterocycles. The molecule has 5 aliphatic rings. The van der Waals surface area contributed by atoms with Gasteiger partial charge in [0.2, 0.25) is 0 Å². The summed E-state index contributed by atoms with van der Waals surface area (Å²) in [4.78, 5) is 0. The van der Waals surface area contributed by atoms with Gasteiger partial charge in [-0.2, -0.15) is 0 Å². The lowest BCUT2D eigenvalue weighted by Gasteiger charge is -2.54. The second kappa shape index (κ2) is 10.7. The van der Waals surface area contributed by atoms with E-state index in [0.29, 0.717) is 31.1 Å². The average Bonchev–Trinajstić information content (AvgIpc) is 3.49. The van der Waals surface area contributed by atoms with Crippen molar-refractivity contribution in [3.8, 4) is 0 Å². The largest absolute Gasteiger partial charge is 0.379 e. The van der Waals surface area contributed by atoms with Crippen LogP contribution >= 0.6 is 0 Å². The highest BCUT2D eigenvalue weighted by molar-refractivity contribution is 5.83. The summed E-state index contributed by atoms with van der Waals surface area (Å²) in [5, 5.41) is 6.53. The molecular formula is C36H47NO3. The van der Waals surface area contributed by atoms with Gasteiger partial charge in [0.15, 0.2) is 0 Å². The molecule has 2 aromatic rings. The van der Waals surface area contributed by atoms with Crippen molar-refractivity contribution in [1.29, 1.82) is 0 Å². The topological polar surface area (TPSA) is 39.7 Å². The number of allylic oxidation sites excluding steroid dienone is 1.